The maximum Gasteiger partial charge on any atom is 0.0715 e. The molecule has 0 saturated heterocycles. The molecule has 0 aliphatic carbocycles. The Morgan fingerprint density at radius 3 is 1.47 bits per heavy atom. The Labute approximate surface area is 206 Å². The highest BCUT2D eigenvalue weighted by atomic mass is 16.3. The number of unbranched alkanes of at least 4 members (excludes halogenated alkanes) is 5. The molecular formula is C30H44N2O2. The molecule has 2 aliphatic heterocycles. The molecule has 2 aromatic rings. The lowest BCUT2D eigenvalue weighted by Gasteiger charge is -2.33. The van der Waals surface area contributed by atoms with Gasteiger partial charge in [0.15, 0.2) is 0 Å². The van der Waals surface area contributed by atoms with Gasteiger partial charge in [-0.1, -0.05) is 74.9 Å². The van der Waals surface area contributed by atoms with Crippen LogP contribution in [0.25, 0.3) is 0 Å². The lowest BCUT2D eigenvalue weighted by molar-refractivity contribution is 0.163. The molecular weight excluding hydrogens is 420 g/mol. The van der Waals surface area contributed by atoms with Gasteiger partial charge in [0, 0.05) is 37.6 Å². The van der Waals surface area contributed by atoms with Gasteiger partial charge in [-0.15, -0.1) is 0 Å². The van der Waals surface area contributed by atoms with Crippen molar-refractivity contribution in [2.75, 3.05) is 36.0 Å². The summed E-state index contributed by atoms with van der Waals surface area (Å²) in [6.07, 6.45) is 13.1. The van der Waals surface area contributed by atoms with Gasteiger partial charge in [0.05, 0.1) is 12.2 Å². The first-order valence-corrected chi connectivity index (χ1v) is 13.7. The second-order valence-electron chi connectivity index (χ2n) is 10.4. The first kappa shape index (κ1) is 25.1. The summed E-state index contributed by atoms with van der Waals surface area (Å²) in [4.78, 5) is 4.74. The van der Waals surface area contributed by atoms with Crippen molar-refractivity contribution >= 4 is 11.4 Å². The summed E-state index contributed by atoms with van der Waals surface area (Å²) >= 11 is 0. The van der Waals surface area contributed by atoms with E-state index >= 15 is 0 Å². The van der Waals surface area contributed by atoms with E-state index in [2.05, 4.69) is 58.3 Å². The fourth-order valence-electron chi connectivity index (χ4n) is 5.76. The molecule has 4 nitrogen and oxygen atoms in total. The maximum absolute atomic E-state index is 10.6. The first-order valence-electron chi connectivity index (χ1n) is 13.7. The fraction of sp³-hybridized carbons (Fsp3) is 0.600. The van der Waals surface area contributed by atoms with Crippen LogP contribution in [0.1, 0.15) is 75.3 Å². The lowest BCUT2D eigenvalue weighted by atomic mass is 10.00. The van der Waals surface area contributed by atoms with E-state index in [-0.39, 0.29) is 12.2 Å². The number of benzene rings is 2. The Kier molecular flexibility index (Phi) is 9.70. The van der Waals surface area contributed by atoms with E-state index in [1.54, 1.807) is 0 Å². The van der Waals surface area contributed by atoms with Crippen LogP contribution in [0.15, 0.2) is 48.5 Å². The number of hydrogen-bond acceptors (Lipinski definition) is 4. The molecule has 2 N–H and O–H groups in total. The predicted octanol–water partition coefficient (Wildman–Crippen LogP) is 5.73. The fourth-order valence-corrected chi connectivity index (χ4v) is 5.76. The first-order chi connectivity index (χ1) is 16.7. The molecule has 0 fully saturated rings. The van der Waals surface area contributed by atoms with Gasteiger partial charge in [-0.05, 0) is 61.8 Å². The molecule has 2 aliphatic rings. The van der Waals surface area contributed by atoms with Crippen molar-refractivity contribution in [1.82, 2.24) is 0 Å². The van der Waals surface area contributed by atoms with Crippen molar-refractivity contribution < 1.29 is 10.2 Å². The van der Waals surface area contributed by atoms with Gasteiger partial charge >= 0.3 is 0 Å². The number of rotatable bonds is 13. The largest absolute Gasteiger partial charge is 0.391 e. The summed E-state index contributed by atoms with van der Waals surface area (Å²) in [6, 6.07) is 17.3. The molecule has 2 atom stereocenters. The van der Waals surface area contributed by atoms with Crippen LogP contribution in [0.5, 0.6) is 0 Å². The summed E-state index contributed by atoms with van der Waals surface area (Å²) < 4.78 is 0. The van der Waals surface area contributed by atoms with Crippen molar-refractivity contribution in [3.8, 4) is 0 Å². The smallest absolute Gasteiger partial charge is 0.0715 e. The molecule has 0 unspecified atom stereocenters. The van der Waals surface area contributed by atoms with Crippen LogP contribution in [0.4, 0.5) is 11.4 Å². The van der Waals surface area contributed by atoms with Crippen molar-refractivity contribution in [3.63, 3.8) is 0 Å². The topological polar surface area (TPSA) is 46.9 Å². The normalized spacial score (nSPS) is 17.2. The van der Waals surface area contributed by atoms with Crippen LogP contribution in [-0.4, -0.2) is 48.6 Å². The van der Waals surface area contributed by atoms with Gasteiger partial charge in [-0.2, -0.15) is 0 Å². The third kappa shape index (κ3) is 7.23. The SMILES string of the molecule is O[C@@H](CCCCCCCC[C@H](O)CN1CCCc2ccccc21)CN1CCCc2ccccc21. The zero-order chi connectivity index (χ0) is 23.6. The van der Waals surface area contributed by atoms with Crippen LogP contribution in [-0.2, 0) is 12.8 Å². The van der Waals surface area contributed by atoms with Gasteiger partial charge in [-0.25, -0.2) is 0 Å². The Bertz CT molecular complexity index is 799. The zero-order valence-corrected chi connectivity index (χ0v) is 20.9. The Balaban J connectivity index is 1.03. The van der Waals surface area contributed by atoms with Crippen LogP contribution >= 0.6 is 0 Å². The van der Waals surface area contributed by atoms with Gasteiger partial charge in [0.1, 0.15) is 0 Å². The van der Waals surface area contributed by atoms with Crippen molar-refractivity contribution in [2.45, 2.75) is 89.3 Å². The minimum atomic E-state index is -0.235. The number of fused-ring (bicyclic) bond motifs is 2. The zero-order valence-electron chi connectivity index (χ0n) is 20.9. The average Bonchev–Trinajstić information content (AvgIpc) is 2.86. The Hall–Kier alpha value is -2.04. The third-order valence-corrected chi connectivity index (χ3v) is 7.60. The monoisotopic (exact) mass is 464 g/mol. The summed E-state index contributed by atoms with van der Waals surface area (Å²) in [5.41, 5.74) is 5.48. The number of para-hydroxylation sites is 2. The second kappa shape index (κ2) is 13.2. The average molecular weight is 465 g/mol. The molecule has 4 rings (SSSR count). The highest BCUT2D eigenvalue weighted by Crippen LogP contribution is 2.28. The number of anilines is 2. The maximum atomic E-state index is 10.6. The van der Waals surface area contributed by atoms with E-state index in [0.29, 0.717) is 0 Å². The Morgan fingerprint density at radius 1 is 0.588 bits per heavy atom. The molecule has 0 saturated carbocycles. The minimum Gasteiger partial charge on any atom is -0.391 e. The summed E-state index contributed by atoms with van der Waals surface area (Å²) in [5, 5.41) is 21.1. The van der Waals surface area contributed by atoms with Crippen LogP contribution in [0.2, 0.25) is 0 Å². The molecule has 0 aromatic heterocycles. The summed E-state index contributed by atoms with van der Waals surface area (Å²) in [5.74, 6) is 0. The van der Waals surface area contributed by atoms with E-state index in [0.717, 1.165) is 64.7 Å². The van der Waals surface area contributed by atoms with Gasteiger partial charge in [0.2, 0.25) is 0 Å². The van der Waals surface area contributed by atoms with Crippen LogP contribution in [0, 0.1) is 0 Å². The highest BCUT2D eigenvalue weighted by Gasteiger charge is 2.20. The molecule has 2 aromatic carbocycles. The molecule has 0 radical (unpaired) electrons. The number of aliphatic hydroxyl groups is 2. The number of hydrogen-bond donors (Lipinski definition) is 2. The second-order valence-corrected chi connectivity index (χ2v) is 10.4. The number of nitrogens with zero attached hydrogens (tertiary/aromatic N) is 2. The van der Waals surface area contributed by atoms with E-state index in [9.17, 15) is 10.2 Å². The molecule has 2 heterocycles. The van der Waals surface area contributed by atoms with Crippen molar-refractivity contribution in [2.24, 2.45) is 0 Å². The number of aliphatic hydroxyl groups excluding tert-OH is 2. The van der Waals surface area contributed by atoms with E-state index in [1.807, 2.05) is 0 Å². The molecule has 0 bridgehead atoms. The molecule has 0 spiro atoms. The molecule has 34 heavy (non-hydrogen) atoms. The number of β-amino-alcohol motifs (C(OH)–C–C–N with tert-alkyl or cyclic N) is 2. The third-order valence-electron chi connectivity index (χ3n) is 7.60. The highest BCUT2D eigenvalue weighted by molar-refractivity contribution is 5.56. The van der Waals surface area contributed by atoms with Crippen LogP contribution in [0.3, 0.4) is 0 Å². The van der Waals surface area contributed by atoms with E-state index in [1.165, 1.54) is 61.0 Å². The quantitative estimate of drug-likeness (QED) is 0.371. The van der Waals surface area contributed by atoms with Gasteiger partial charge < -0.3 is 20.0 Å². The summed E-state index contributed by atoms with van der Waals surface area (Å²) in [7, 11) is 0. The van der Waals surface area contributed by atoms with E-state index in [4.69, 9.17) is 0 Å². The summed E-state index contributed by atoms with van der Waals surface area (Å²) in [6.45, 7) is 3.64. The minimum absolute atomic E-state index is 0.235. The predicted molar refractivity (Wildman–Crippen MR) is 143 cm³/mol. The van der Waals surface area contributed by atoms with Gasteiger partial charge in [0.25, 0.3) is 0 Å². The molecule has 186 valence electrons. The Morgan fingerprint density at radius 2 is 1.00 bits per heavy atom. The van der Waals surface area contributed by atoms with Crippen molar-refractivity contribution in [3.05, 3.63) is 59.7 Å². The van der Waals surface area contributed by atoms with Gasteiger partial charge in [-0.3, -0.25) is 0 Å². The molecule has 0 amide bonds. The van der Waals surface area contributed by atoms with Crippen LogP contribution < -0.4 is 9.80 Å². The molecule has 4 heteroatoms. The standard InChI is InChI=1S/C30H44N2O2/c33-27(23-31-21-11-15-25-13-7-9-19-29(25)31)17-5-3-1-2-4-6-18-28(34)24-32-22-12-16-26-14-8-10-20-30(26)32/h7-10,13-14,19-20,27-28,33-34H,1-6,11-12,15-18,21-24H2/t27-,28-/m0/s1. The van der Waals surface area contributed by atoms with Crippen molar-refractivity contribution in [1.29, 1.82) is 0 Å². The lowest BCUT2D eigenvalue weighted by Crippen LogP contribution is -2.36. The van der Waals surface area contributed by atoms with E-state index < -0.39 is 0 Å². The number of aryl methyl sites for hydroxylation is 2.